The smallest absolute Gasteiger partial charge is 0.306 e. The lowest BCUT2D eigenvalue weighted by Gasteiger charge is -2.08. The molecule has 0 bridgehead atoms. The van der Waals surface area contributed by atoms with Gasteiger partial charge in [0.2, 0.25) is 5.95 Å². The molecule has 0 amide bonds. The number of rotatable bonds is 5. The molecule has 29 heavy (non-hydrogen) atoms. The highest BCUT2D eigenvalue weighted by Crippen LogP contribution is 2.13. The van der Waals surface area contributed by atoms with Crippen molar-refractivity contribution in [2.75, 3.05) is 5.43 Å². The van der Waals surface area contributed by atoms with Crippen molar-refractivity contribution in [2.24, 2.45) is 19.2 Å². The Bertz CT molecular complexity index is 1300. The van der Waals surface area contributed by atoms with Crippen molar-refractivity contribution in [3.05, 3.63) is 92.6 Å². The maximum Gasteiger partial charge on any atom is 0.332 e. The van der Waals surface area contributed by atoms with E-state index in [9.17, 15) is 9.59 Å². The number of nitrogens with one attached hydrogen (secondary N) is 1. The summed E-state index contributed by atoms with van der Waals surface area (Å²) in [4.78, 5) is 30.2. The van der Waals surface area contributed by atoms with Gasteiger partial charge in [0, 0.05) is 14.1 Å². The number of nitrogens with zero attached hydrogens (tertiary/aromatic N) is 5. The Hall–Kier alpha value is -3.94. The Morgan fingerprint density at radius 3 is 2.31 bits per heavy atom. The summed E-state index contributed by atoms with van der Waals surface area (Å²) in [5.74, 6) is 0.372. The van der Waals surface area contributed by atoms with Gasteiger partial charge in [-0.1, -0.05) is 60.7 Å². The average molecular weight is 388 g/mol. The van der Waals surface area contributed by atoms with Crippen molar-refractivity contribution in [1.82, 2.24) is 18.7 Å². The fraction of sp³-hybridized carbons (Fsp3) is 0.143. The van der Waals surface area contributed by atoms with Crippen LogP contribution in [0, 0.1) is 0 Å². The Kier molecular flexibility index (Phi) is 4.82. The molecule has 0 spiro atoms. The lowest BCUT2D eigenvalue weighted by molar-refractivity contribution is 0.655. The summed E-state index contributed by atoms with van der Waals surface area (Å²) in [5, 5.41) is 4.19. The van der Waals surface area contributed by atoms with Gasteiger partial charge in [-0.15, -0.1) is 0 Å². The molecule has 0 saturated heterocycles. The zero-order valence-electron chi connectivity index (χ0n) is 16.1. The summed E-state index contributed by atoms with van der Waals surface area (Å²) in [6.45, 7) is 0.197. The third-order valence-electron chi connectivity index (χ3n) is 4.72. The van der Waals surface area contributed by atoms with Crippen LogP contribution in [0.4, 0.5) is 5.95 Å². The maximum absolute atomic E-state index is 13.1. The molecule has 0 aliphatic carbocycles. The summed E-state index contributed by atoms with van der Waals surface area (Å²) in [7, 11) is 3.32. The van der Waals surface area contributed by atoms with Crippen LogP contribution in [0.5, 0.6) is 0 Å². The highest BCUT2D eigenvalue weighted by molar-refractivity contribution is 5.80. The fourth-order valence-corrected chi connectivity index (χ4v) is 3.15. The van der Waals surface area contributed by atoms with Gasteiger partial charge in [-0.3, -0.25) is 13.9 Å². The molecule has 8 nitrogen and oxygen atoms in total. The third-order valence-corrected chi connectivity index (χ3v) is 4.72. The Morgan fingerprint density at radius 2 is 1.62 bits per heavy atom. The second-order valence-corrected chi connectivity index (χ2v) is 6.67. The summed E-state index contributed by atoms with van der Waals surface area (Å²) in [6, 6.07) is 19.0. The first-order valence-corrected chi connectivity index (χ1v) is 9.10. The molecule has 2 heterocycles. The number of hydrazone groups is 1. The second kappa shape index (κ2) is 7.59. The normalized spacial score (nSPS) is 11.4. The van der Waals surface area contributed by atoms with E-state index in [2.05, 4.69) is 15.5 Å². The molecule has 0 atom stereocenters. The average Bonchev–Trinajstić information content (AvgIpc) is 3.08. The predicted octanol–water partition coefficient (Wildman–Crippen LogP) is 1.93. The minimum Gasteiger partial charge on any atom is -0.306 e. The van der Waals surface area contributed by atoms with Gasteiger partial charge in [0.25, 0.3) is 5.56 Å². The molecule has 146 valence electrons. The molecule has 2 aromatic carbocycles. The molecule has 0 saturated carbocycles. The number of benzene rings is 2. The molecule has 2 aromatic heterocycles. The third kappa shape index (κ3) is 3.47. The summed E-state index contributed by atoms with van der Waals surface area (Å²) in [5.41, 5.74) is 4.50. The molecule has 4 rings (SSSR count). The van der Waals surface area contributed by atoms with Gasteiger partial charge in [0.15, 0.2) is 11.2 Å². The number of hydrogen-bond acceptors (Lipinski definition) is 5. The quantitative estimate of drug-likeness (QED) is 0.418. The number of aromatic nitrogens is 4. The van der Waals surface area contributed by atoms with E-state index >= 15 is 0 Å². The highest BCUT2D eigenvalue weighted by Gasteiger charge is 2.18. The van der Waals surface area contributed by atoms with Crippen molar-refractivity contribution < 1.29 is 0 Å². The molecular formula is C21H20N6O2. The predicted molar refractivity (Wildman–Crippen MR) is 113 cm³/mol. The molecule has 0 fully saturated rings. The van der Waals surface area contributed by atoms with E-state index in [1.165, 1.54) is 9.13 Å². The number of anilines is 1. The minimum atomic E-state index is -0.413. The van der Waals surface area contributed by atoms with Gasteiger partial charge >= 0.3 is 5.69 Å². The van der Waals surface area contributed by atoms with Gasteiger partial charge < -0.3 is 4.57 Å². The highest BCUT2D eigenvalue weighted by atomic mass is 16.2. The number of fused-ring (bicyclic) bond motifs is 1. The van der Waals surface area contributed by atoms with Gasteiger partial charge in [0.05, 0.1) is 12.8 Å². The van der Waals surface area contributed by atoms with Crippen LogP contribution in [-0.2, 0) is 20.6 Å². The van der Waals surface area contributed by atoms with E-state index < -0.39 is 5.69 Å². The lowest BCUT2D eigenvalue weighted by Crippen LogP contribution is -2.39. The number of imidazole rings is 1. The standard InChI is InChI=1S/C21H20N6O2/c1-25-17-18(23-20(25)24-22-13-15-9-5-3-6-10-15)26(2)21(29)27(19(17)28)14-16-11-7-4-8-12-16/h3-13H,14H2,1-2H3,(H,23,24). The number of hydrogen-bond donors (Lipinski definition) is 1. The Labute approximate surface area is 166 Å². The van der Waals surface area contributed by atoms with Crippen molar-refractivity contribution in [2.45, 2.75) is 6.54 Å². The van der Waals surface area contributed by atoms with Crippen LogP contribution in [-0.4, -0.2) is 24.9 Å². The van der Waals surface area contributed by atoms with E-state index in [0.29, 0.717) is 17.1 Å². The molecule has 0 aliphatic rings. The molecule has 0 aliphatic heterocycles. The van der Waals surface area contributed by atoms with Crippen LogP contribution in [0.25, 0.3) is 11.2 Å². The first-order chi connectivity index (χ1) is 14.1. The molecule has 8 heteroatoms. The first-order valence-electron chi connectivity index (χ1n) is 9.10. The van der Waals surface area contributed by atoms with E-state index in [1.54, 1.807) is 24.9 Å². The molecular weight excluding hydrogens is 368 g/mol. The van der Waals surface area contributed by atoms with Gasteiger partial charge in [-0.05, 0) is 11.1 Å². The van der Waals surface area contributed by atoms with Crippen LogP contribution in [0.1, 0.15) is 11.1 Å². The second-order valence-electron chi connectivity index (χ2n) is 6.67. The van der Waals surface area contributed by atoms with Crippen molar-refractivity contribution in [3.63, 3.8) is 0 Å². The molecule has 0 radical (unpaired) electrons. The Balaban J connectivity index is 1.74. The zero-order chi connectivity index (χ0) is 20.4. The summed E-state index contributed by atoms with van der Waals surface area (Å²) >= 11 is 0. The first kappa shape index (κ1) is 18.4. The van der Waals surface area contributed by atoms with Gasteiger partial charge in [-0.2, -0.15) is 10.1 Å². The SMILES string of the molecule is Cn1c(NN=Cc2ccccc2)nc2c1c(=O)n(Cc1ccccc1)c(=O)n2C. The maximum atomic E-state index is 13.1. The van der Waals surface area contributed by atoms with Crippen molar-refractivity contribution in [3.8, 4) is 0 Å². The van der Waals surface area contributed by atoms with Gasteiger partial charge in [-0.25, -0.2) is 10.2 Å². The largest absolute Gasteiger partial charge is 0.332 e. The van der Waals surface area contributed by atoms with Crippen LogP contribution in [0.3, 0.4) is 0 Å². The van der Waals surface area contributed by atoms with E-state index in [0.717, 1.165) is 11.1 Å². The molecule has 0 unspecified atom stereocenters. The summed E-state index contributed by atoms with van der Waals surface area (Å²) in [6.07, 6.45) is 1.66. The topological polar surface area (TPSA) is 86.2 Å². The fourth-order valence-electron chi connectivity index (χ4n) is 3.15. The van der Waals surface area contributed by atoms with Crippen LogP contribution in [0.2, 0.25) is 0 Å². The van der Waals surface area contributed by atoms with Crippen LogP contribution < -0.4 is 16.7 Å². The number of aryl methyl sites for hydroxylation is 2. The zero-order valence-corrected chi connectivity index (χ0v) is 16.1. The summed E-state index contributed by atoms with van der Waals surface area (Å²) < 4.78 is 4.21. The van der Waals surface area contributed by atoms with Crippen molar-refractivity contribution in [1.29, 1.82) is 0 Å². The van der Waals surface area contributed by atoms with Gasteiger partial charge in [0.1, 0.15) is 0 Å². The van der Waals surface area contributed by atoms with Crippen LogP contribution >= 0.6 is 0 Å². The molecule has 4 aromatic rings. The van der Waals surface area contributed by atoms with E-state index in [-0.39, 0.29) is 12.1 Å². The van der Waals surface area contributed by atoms with Crippen LogP contribution in [0.15, 0.2) is 75.4 Å². The minimum absolute atomic E-state index is 0.197. The van der Waals surface area contributed by atoms with E-state index in [4.69, 9.17) is 0 Å². The molecule has 1 N–H and O–H groups in total. The Morgan fingerprint density at radius 1 is 0.966 bits per heavy atom. The monoisotopic (exact) mass is 388 g/mol. The van der Waals surface area contributed by atoms with E-state index in [1.807, 2.05) is 60.7 Å². The lowest BCUT2D eigenvalue weighted by atomic mass is 10.2. The van der Waals surface area contributed by atoms with Crippen molar-refractivity contribution >= 4 is 23.3 Å².